The van der Waals surface area contributed by atoms with Gasteiger partial charge in [0.25, 0.3) is 0 Å². The van der Waals surface area contributed by atoms with Gasteiger partial charge < -0.3 is 35.2 Å². The van der Waals surface area contributed by atoms with E-state index < -0.39 is 60.1 Å². The number of ether oxygens (including phenoxy) is 2. The molecule has 1 aliphatic rings. The lowest BCUT2D eigenvalue weighted by molar-refractivity contribution is -0.149. The van der Waals surface area contributed by atoms with Crippen molar-refractivity contribution in [1.82, 2.24) is 20.4 Å². The zero-order chi connectivity index (χ0) is 37.1. The van der Waals surface area contributed by atoms with Crippen LogP contribution in [-0.2, 0) is 47.9 Å². The molecule has 0 unspecified atom stereocenters. The van der Waals surface area contributed by atoms with Gasteiger partial charge in [-0.2, -0.15) is 0 Å². The first-order valence-corrected chi connectivity index (χ1v) is 16.9. The Morgan fingerprint density at radius 2 is 1.41 bits per heavy atom. The van der Waals surface area contributed by atoms with E-state index in [1.54, 1.807) is 76.2 Å². The molecule has 0 radical (unpaired) electrons. The maximum Gasteiger partial charge on any atom is 0.411 e. The monoisotopic (exact) mass is 702 g/mol. The largest absolute Gasteiger partial charge is 0.508 e. The second-order valence-corrected chi connectivity index (χ2v) is 13.3. The lowest BCUT2D eigenvalue weighted by Gasteiger charge is -2.43. The van der Waals surface area contributed by atoms with Crippen molar-refractivity contribution < 1.29 is 43.7 Å². The zero-order valence-electron chi connectivity index (χ0n) is 29.3. The summed E-state index contributed by atoms with van der Waals surface area (Å²) in [5.41, 5.74) is 1.22. The molecule has 0 spiro atoms. The summed E-state index contributed by atoms with van der Waals surface area (Å²) in [7, 11) is 0. The van der Waals surface area contributed by atoms with Gasteiger partial charge in [-0.25, -0.2) is 4.79 Å². The van der Waals surface area contributed by atoms with Crippen LogP contribution in [-0.4, -0.2) is 99.8 Å². The maximum atomic E-state index is 14.5. The smallest absolute Gasteiger partial charge is 0.411 e. The summed E-state index contributed by atoms with van der Waals surface area (Å²) in [6.07, 6.45) is -0.481. The Bertz CT molecular complexity index is 1660. The van der Waals surface area contributed by atoms with Crippen LogP contribution >= 0.6 is 0 Å². The average Bonchev–Trinajstić information content (AvgIpc) is 3.08. The number of carbonyl (C=O) groups excluding carboxylic acids is 5. The molecule has 4 amide bonds. The number of phenols is 2. The number of hydrogen-bond acceptors (Lipinski definition) is 9. The van der Waals surface area contributed by atoms with Crippen LogP contribution in [0.4, 0.5) is 4.79 Å². The molecule has 0 saturated carbocycles. The number of aromatic hydroxyl groups is 2. The number of rotatable bonds is 13. The zero-order valence-corrected chi connectivity index (χ0v) is 29.3. The number of piperazine rings is 1. The van der Waals surface area contributed by atoms with Crippen molar-refractivity contribution in [2.24, 2.45) is 0 Å². The van der Waals surface area contributed by atoms with Crippen molar-refractivity contribution in [2.75, 3.05) is 26.2 Å². The minimum Gasteiger partial charge on any atom is -0.508 e. The van der Waals surface area contributed by atoms with Gasteiger partial charge in [0, 0.05) is 32.4 Å². The van der Waals surface area contributed by atoms with Gasteiger partial charge in [0.2, 0.25) is 17.7 Å². The van der Waals surface area contributed by atoms with Gasteiger partial charge in [-0.1, -0.05) is 54.6 Å². The standard InChI is InChI=1S/C38H46N4O9/c1-5-50-33(45)24-39-34(46)30(21-25-9-7-6-8-10-25)40-35(47)31(22-26-11-15-28(43)16-12-26)41-19-20-42(37(49)51-38(2,3)4)32(36(41)48)23-27-13-17-29(44)18-14-27/h6-18,30-32,43-44H,5,19-24H2,1-4H3,(H,39,46)(H,40,47)/t30-,31+,32+/m1/s1. The molecular weight excluding hydrogens is 656 g/mol. The number of nitrogens with one attached hydrogen (secondary N) is 2. The Labute approximate surface area is 297 Å². The maximum absolute atomic E-state index is 14.5. The Balaban J connectivity index is 1.67. The lowest BCUT2D eigenvalue weighted by Crippen LogP contribution is -2.65. The van der Waals surface area contributed by atoms with Crippen molar-refractivity contribution in [2.45, 2.75) is 70.7 Å². The average molecular weight is 703 g/mol. The summed E-state index contributed by atoms with van der Waals surface area (Å²) < 4.78 is 10.6. The minimum absolute atomic E-state index is 0.0151. The molecule has 272 valence electrons. The number of carbonyl (C=O) groups is 5. The molecular formula is C38H46N4O9. The van der Waals surface area contributed by atoms with Crippen molar-refractivity contribution in [3.8, 4) is 11.5 Å². The molecule has 0 bridgehead atoms. The highest BCUT2D eigenvalue weighted by Gasteiger charge is 2.44. The minimum atomic E-state index is -1.14. The third-order valence-corrected chi connectivity index (χ3v) is 8.19. The second kappa shape index (κ2) is 17.4. The Morgan fingerprint density at radius 3 is 2.00 bits per heavy atom. The fourth-order valence-corrected chi connectivity index (χ4v) is 5.73. The van der Waals surface area contributed by atoms with Crippen LogP contribution in [0.15, 0.2) is 78.9 Å². The van der Waals surface area contributed by atoms with E-state index in [-0.39, 0.29) is 50.5 Å². The van der Waals surface area contributed by atoms with E-state index in [0.717, 1.165) is 5.56 Å². The van der Waals surface area contributed by atoms with Crippen LogP contribution in [0.5, 0.6) is 11.5 Å². The molecule has 0 aromatic heterocycles. The quantitative estimate of drug-likeness (QED) is 0.195. The van der Waals surface area contributed by atoms with E-state index in [9.17, 15) is 34.2 Å². The third kappa shape index (κ3) is 11.2. The molecule has 3 atom stereocenters. The molecule has 4 rings (SSSR count). The summed E-state index contributed by atoms with van der Waals surface area (Å²) >= 11 is 0. The molecule has 13 nitrogen and oxygen atoms in total. The number of amides is 4. The molecule has 1 aliphatic heterocycles. The van der Waals surface area contributed by atoms with Crippen molar-refractivity contribution in [1.29, 1.82) is 0 Å². The van der Waals surface area contributed by atoms with Gasteiger partial charge in [0.05, 0.1) is 6.61 Å². The number of esters is 1. The fourth-order valence-electron chi connectivity index (χ4n) is 5.73. The SMILES string of the molecule is CCOC(=O)CNC(=O)[C@@H](Cc1ccccc1)NC(=O)[C@H](Cc1ccc(O)cc1)N1CCN(C(=O)OC(C)(C)C)[C@@H](Cc2ccc(O)cc2)C1=O. The number of hydrogen-bond donors (Lipinski definition) is 4. The Morgan fingerprint density at radius 1 is 0.824 bits per heavy atom. The first-order chi connectivity index (χ1) is 24.2. The van der Waals surface area contributed by atoms with Gasteiger partial charge in [-0.3, -0.25) is 24.1 Å². The summed E-state index contributed by atoms with van der Waals surface area (Å²) in [5, 5.41) is 25.1. The fraction of sp³-hybridized carbons (Fsp3) is 0.395. The van der Waals surface area contributed by atoms with E-state index in [0.29, 0.717) is 11.1 Å². The van der Waals surface area contributed by atoms with E-state index >= 15 is 0 Å². The van der Waals surface area contributed by atoms with Gasteiger partial charge in [0.15, 0.2) is 0 Å². The highest BCUT2D eigenvalue weighted by molar-refractivity contribution is 5.95. The van der Waals surface area contributed by atoms with E-state index in [4.69, 9.17) is 9.47 Å². The highest BCUT2D eigenvalue weighted by atomic mass is 16.6. The number of nitrogens with zero attached hydrogens (tertiary/aromatic N) is 2. The van der Waals surface area contributed by atoms with Gasteiger partial charge >= 0.3 is 12.1 Å². The van der Waals surface area contributed by atoms with Crippen LogP contribution in [0.3, 0.4) is 0 Å². The van der Waals surface area contributed by atoms with E-state index in [1.807, 2.05) is 6.07 Å². The summed E-state index contributed by atoms with van der Waals surface area (Å²) in [5.74, 6) is -2.31. The lowest BCUT2D eigenvalue weighted by atomic mass is 9.97. The molecule has 1 fully saturated rings. The number of benzene rings is 3. The van der Waals surface area contributed by atoms with Gasteiger partial charge in [-0.15, -0.1) is 0 Å². The third-order valence-electron chi connectivity index (χ3n) is 8.19. The van der Waals surface area contributed by atoms with Gasteiger partial charge in [0.1, 0.15) is 41.8 Å². The molecule has 1 saturated heterocycles. The van der Waals surface area contributed by atoms with Crippen molar-refractivity contribution in [3.63, 3.8) is 0 Å². The molecule has 3 aromatic rings. The molecule has 1 heterocycles. The van der Waals surface area contributed by atoms with Crippen LogP contribution in [0.25, 0.3) is 0 Å². The summed E-state index contributed by atoms with van der Waals surface area (Å²) in [6, 6.07) is 18.2. The van der Waals surface area contributed by atoms with Crippen LogP contribution in [0, 0.1) is 0 Å². The first kappa shape index (κ1) is 38.2. The van der Waals surface area contributed by atoms with E-state index in [1.165, 1.54) is 34.1 Å². The topological polar surface area (TPSA) is 175 Å². The van der Waals surface area contributed by atoms with E-state index in [2.05, 4.69) is 10.6 Å². The van der Waals surface area contributed by atoms with Crippen molar-refractivity contribution >= 4 is 29.8 Å². The predicted molar refractivity (Wildman–Crippen MR) is 188 cm³/mol. The first-order valence-electron chi connectivity index (χ1n) is 16.9. The summed E-state index contributed by atoms with van der Waals surface area (Å²) in [6.45, 7) is 6.61. The van der Waals surface area contributed by atoms with Crippen LogP contribution in [0.2, 0.25) is 0 Å². The number of phenolic OH excluding ortho intramolecular Hbond substituents is 2. The Kier molecular flexibility index (Phi) is 13.0. The Hall–Kier alpha value is -5.59. The molecule has 3 aromatic carbocycles. The second-order valence-electron chi connectivity index (χ2n) is 13.3. The van der Waals surface area contributed by atoms with Crippen LogP contribution < -0.4 is 10.6 Å². The summed E-state index contributed by atoms with van der Waals surface area (Å²) in [4.78, 5) is 70.5. The van der Waals surface area contributed by atoms with Gasteiger partial charge in [-0.05, 0) is 68.7 Å². The predicted octanol–water partition coefficient (Wildman–Crippen LogP) is 3.11. The molecule has 4 N–H and O–H groups in total. The highest BCUT2D eigenvalue weighted by Crippen LogP contribution is 2.24. The van der Waals surface area contributed by atoms with Crippen molar-refractivity contribution in [3.05, 3.63) is 95.6 Å². The molecule has 0 aliphatic carbocycles. The van der Waals surface area contributed by atoms with Crippen LogP contribution in [0.1, 0.15) is 44.4 Å². The normalized spacial score (nSPS) is 15.8. The molecule has 51 heavy (non-hydrogen) atoms. The molecule has 13 heteroatoms.